The number of hydrogen-bond acceptors (Lipinski definition) is 4. The van der Waals surface area contributed by atoms with Crippen LogP contribution >= 0.6 is 0 Å². The third kappa shape index (κ3) is 6.38. The normalized spacial score (nSPS) is 9.85. The molecule has 0 fully saturated rings. The van der Waals surface area contributed by atoms with E-state index in [2.05, 4.69) is 21.0 Å². The summed E-state index contributed by atoms with van der Waals surface area (Å²) in [4.78, 5) is 32.7. The van der Waals surface area contributed by atoms with Crippen LogP contribution in [0.1, 0.15) is 5.69 Å². The Balaban J connectivity index is 2.11. The van der Waals surface area contributed by atoms with Crippen LogP contribution in [0.5, 0.6) is 0 Å². The average Bonchev–Trinajstić information content (AvgIpc) is 2.79. The van der Waals surface area contributed by atoms with Gasteiger partial charge in [-0.25, -0.2) is 4.79 Å². The van der Waals surface area contributed by atoms with Crippen LogP contribution in [-0.2, 0) is 23.1 Å². The van der Waals surface area contributed by atoms with Gasteiger partial charge in [-0.15, -0.1) is 0 Å². The molecule has 1 aromatic rings. The number of urea groups is 1. The predicted octanol–water partition coefficient (Wildman–Crippen LogP) is -1.54. The van der Waals surface area contributed by atoms with Crippen LogP contribution in [0.4, 0.5) is 4.79 Å². The number of nitrogens with one attached hydrogen (secondary N) is 3. The molecule has 0 saturated carbocycles. The van der Waals surface area contributed by atoms with Crippen molar-refractivity contribution in [2.45, 2.75) is 6.42 Å². The van der Waals surface area contributed by atoms with E-state index in [-0.39, 0.29) is 6.54 Å². The molecule has 1 heterocycles. The van der Waals surface area contributed by atoms with Crippen molar-refractivity contribution in [3.8, 4) is 0 Å². The smallest absolute Gasteiger partial charge is 0.322 e. The van der Waals surface area contributed by atoms with Gasteiger partial charge in [-0.1, -0.05) is 0 Å². The second-order valence-electron chi connectivity index (χ2n) is 4.01. The van der Waals surface area contributed by atoms with Crippen molar-refractivity contribution in [1.29, 1.82) is 0 Å². The SMILES string of the molecule is Cn1ccc(CCNC(=O)NCC(=O)NCC(=O)O)n1. The maximum atomic E-state index is 11.3. The van der Waals surface area contributed by atoms with Gasteiger partial charge >= 0.3 is 12.0 Å². The monoisotopic (exact) mass is 283 g/mol. The number of carbonyl (C=O) groups is 3. The van der Waals surface area contributed by atoms with Crippen LogP contribution < -0.4 is 16.0 Å². The Kier molecular flexibility index (Phi) is 6.01. The number of hydrogen-bond donors (Lipinski definition) is 4. The van der Waals surface area contributed by atoms with E-state index in [1.165, 1.54) is 0 Å². The molecule has 0 saturated heterocycles. The van der Waals surface area contributed by atoms with Crippen molar-refractivity contribution < 1.29 is 19.5 Å². The molecular formula is C11H17N5O4. The van der Waals surface area contributed by atoms with E-state index in [1.807, 2.05) is 12.3 Å². The minimum absolute atomic E-state index is 0.275. The molecule has 9 heteroatoms. The quantitative estimate of drug-likeness (QED) is 0.483. The summed E-state index contributed by atoms with van der Waals surface area (Å²) in [5.41, 5.74) is 0.854. The van der Waals surface area contributed by atoms with Gasteiger partial charge in [0.25, 0.3) is 0 Å². The molecule has 0 aliphatic heterocycles. The maximum Gasteiger partial charge on any atom is 0.322 e. The summed E-state index contributed by atoms with van der Waals surface area (Å²) in [6.07, 6.45) is 2.39. The number of aryl methyl sites for hydroxylation is 1. The molecule has 110 valence electrons. The number of aliphatic carboxylic acids is 1. The van der Waals surface area contributed by atoms with Crippen molar-refractivity contribution in [3.63, 3.8) is 0 Å². The lowest BCUT2D eigenvalue weighted by molar-refractivity contribution is -0.137. The summed E-state index contributed by atoms with van der Waals surface area (Å²) >= 11 is 0. The van der Waals surface area contributed by atoms with E-state index in [9.17, 15) is 14.4 Å². The summed E-state index contributed by atoms with van der Waals surface area (Å²) in [5, 5.41) is 19.5. The maximum absolute atomic E-state index is 11.3. The van der Waals surface area contributed by atoms with Gasteiger partial charge in [0.05, 0.1) is 12.2 Å². The number of nitrogens with zero attached hydrogens (tertiary/aromatic N) is 2. The zero-order chi connectivity index (χ0) is 15.0. The summed E-state index contributed by atoms with van der Waals surface area (Å²) in [5.74, 6) is -1.70. The van der Waals surface area contributed by atoms with Crippen molar-refractivity contribution >= 4 is 17.9 Å². The first-order valence-corrected chi connectivity index (χ1v) is 5.96. The first-order chi connectivity index (χ1) is 9.47. The fourth-order valence-electron chi connectivity index (χ4n) is 1.36. The number of aromatic nitrogens is 2. The first-order valence-electron chi connectivity index (χ1n) is 5.96. The number of rotatable bonds is 7. The fraction of sp³-hybridized carbons (Fsp3) is 0.455. The first kappa shape index (κ1) is 15.5. The third-order valence-corrected chi connectivity index (χ3v) is 2.28. The Morgan fingerprint density at radius 3 is 2.60 bits per heavy atom. The van der Waals surface area contributed by atoms with Crippen molar-refractivity contribution in [2.75, 3.05) is 19.6 Å². The Hall–Kier alpha value is -2.58. The summed E-state index contributed by atoms with van der Waals surface area (Å²) in [6.45, 7) is -0.357. The number of carboxylic acid groups (broad SMARTS) is 1. The van der Waals surface area contributed by atoms with Gasteiger partial charge in [-0.3, -0.25) is 14.3 Å². The van der Waals surface area contributed by atoms with E-state index in [0.717, 1.165) is 5.69 Å². The van der Waals surface area contributed by atoms with E-state index in [0.29, 0.717) is 13.0 Å². The molecule has 20 heavy (non-hydrogen) atoms. The molecule has 0 spiro atoms. The zero-order valence-electron chi connectivity index (χ0n) is 11.0. The number of amides is 3. The molecule has 0 unspecified atom stereocenters. The highest BCUT2D eigenvalue weighted by Crippen LogP contribution is 1.93. The molecule has 0 aliphatic carbocycles. The van der Waals surface area contributed by atoms with Gasteiger partial charge in [-0.05, 0) is 6.07 Å². The summed E-state index contributed by atoms with van der Waals surface area (Å²) in [6, 6.07) is 1.35. The molecule has 1 rings (SSSR count). The molecule has 0 atom stereocenters. The lowest BCUT2D eigenvalue weighted by atomic mass is 10.3. The largest absolute Gasteiger partial charge is 0.480 e. The Morgan fingerprint density at radius 1 is 1.25 bits per heavy atom. The molecule has 1 aromatic heterocycles. The van der Waals surface area contributed by atoms with Crippen LogP contribution in [0.15, 0.2) is 12.3 Å². The van der Waals surface area contributed by atoms with Gasteiger partial charge in [0.1, 0.15) is 6.54 Å². The second kappa shape index (κ2) is 7.77. The molecule has 3 amide bonds. The summed E-state index contributed by atoms with van der Waals surface area (Å²) < 4.78 is 1.67. The molecule has 0 radical (unpaired) electrons. The molecule has 0 aromatic carbocycles. The molecule has 0 bridgehead atoms. The van der Waals surface area contributed by atoms with E-state index < -0.39 is 24.5 Å². The highest BCUT2D eigenvalue weighted by atomic mass is 16.4. The minimum atomic E-state index is -1.14. The predicted molar refractivity (Wildman–Crippen MR) is 69.0 cm³/mol. The molecule has 0 aliphatic rings. The Labute approximate surface area is 115 Å². The fourth-order valence-corrected chi connectivity index (χ4v) is 1.36. The van der Waals surface area contributed by atoms with E-state index in [1.54, 1.807) is 11.7 Å². The summed E-state index contributed by atoms with van der Waals surface area (Å²) in [7, 11) is 1.80. The van der Waals surface area contributed by atoms with Gasteiger partial charge in [0.2, 0.25) is 5.91 Å². The van der Waals surface area contributed by atoms with Crippen molar-refractivity contribution in [1.82, 2.24) is 25.7 Å². The molecular weight excluding hydrogens is 266 g/mol. The van der Waals surface area contributed by atoms with Crippen LogP contribution in [0, 0.1) is 0 Å². The highest BCUT2D eigenvalue weighted by molar-refractivity contribution is 5.86. The minimum Gasteiger partial charge on any atom is -0.480 e. The molecule has 9 nitrogen and oxygen atoms in total. The van der Waals surface area contributed by atoms with Crippen LogP contribution in [0.2, 0.25) is 0 Å². The van der Waals surface area contributed by atoms with Gasteiger partial charge in [-0.2, -0.15) is 5.10 Å². The average molecular weight is 283 g/mol. The van der Waals surface area contributed by atoms with E-state index in [4.69, 9.17) is 5.11 Å². The second-order valence-corrected chi connectivity index (χ2v) is 4.01. The lowest BCUT2D eigenvalue weighted by Crippen LogP contribution is -2.43. The Morgan fingerprint density at radius 2 is 2.00 bits per heavy atom. The lowest BCUT2D eigenvalue weighted by Gasteiger charge is -2.06. The molecule has 4 N–H and O–H groups in total. The van der Waals surface area contributed by atoms with Crippen molar-refractivity contribution in [3.05, 3.63) is 18.0 Å². The van der Waals surface area contributed by atoms with E-state index >= 15 is 0 Å². The van der Waals surface area contributed by atoms with Crippen LogP contribution in [0.25, 0.3) is 0 Å². The number of carbonyl (C=O) groups excluding carboxylic acids is 2. The van der Waals surface area contributed by atoms with Gasteiger partial charge < -0.3 is 21.1 Å². The van der Waals surface area contributed by atoms with Gasteiger partial charge in [0.15, 0.2) is 0 Å². The topological polar surface area (TPSA) is 125 Å². The van der Waals surface area contributed by atoms with Crippen molar-refractivity contribution in [2.24, 2.45) is 7.05 Å². The van der Waals surface area contributed by atoms with Crippen LogP contribution in [0.3, 0.4) is 0 Å². The third-order valence-electron chi connectivity index (χ3n) is 2.28. The zero-order valence-corrected chi connectivity index (χ0v) is 11.0. The Bertz CT molecular complexity index is 485. The standard InChI is InChI=1S/C11H17N5O4/c1-16-5-3-8(15-16)2-4-12-11(20)14-6-9(17)13-7-10(18)19/h3,5H,2,4,6-7H2,1H3,(H,13,17)(H,18,19)(H2,12,14,20). The highest BCUT2D eigenvalue weighted by Gasteiger charge is 2.06. The number of carboxylic acids is 1. The van der Waals surface area contributed by atoms with Crippen LogP contribution in [-0.4, -0.2) is 52.4 Å². The van der Waals surface area contributed by atoms with Gasteiger partial charge in [0, 0.05) is 26.2 Å².